The number of nitrogens with zero attached hydrogens (tertiary/aromatic N) is 2. The number of fused-ring (bicyclic) bond motifs is 1. The highest BCUT2D eigenvalue weighted by Gasteiger charge is 2.28. The Balaban J connectivity index is 1.18. The van der Waals surface area contributed by atoms with Crippen LogP contribution in [0.15, 0.2) is 78.9 Å². The van der Waals surface area contributed by atoms with E-state index < -0.39 is 0 Å². The molecule has 33 heavy (non-hydrogen) atoms. The van der Waals surface area contributed by atoms with Crippen molar-refractivity contribution in [3.05, 3.63) is 101 Å². The lowest BCUT2D eigenvalue weighted by atomic mass is 10.0. The summed E-state index contributed by atoms with van der Waals surface area (Å²) in [6.45, 7) is 3.47. The molecule has 1 saturated heterocycles. The molecular formula is C28H29N3O2. The van der Waals surface area contributed by atoms with Gasteiger partial charge in [-0.25, -0.2) is 0 Å². The number of nitrogens with one attached hydrogen (secondary N) is 1. The van der Waals surface area contributed by atoms with Crippen LogP contribution in [0, 0.1) is 0 Å². The van der Waals surface area contributed by atoms with Gasteiger partial charge in [-0.05, 0) is 47.7 Å². The van der Waals surface area contributed by atoms with E-state index in [2.05, 4.69) is 34.5 Å². The molecule has 5 heteroatoms. The molecule has 0 unspecified atom stereocenters. The fourth-order valence-corrected chi connectivity index (χ4v) is 4.81. The van der Waals surface area contributed by atoms with Crippen molar-refractivity contribution < 1.29 is 9.59 Å². The lowest BCUT2D eigenvalue weighted by molar-refractivity contribution is -0.117. The van der Waals surface area contributed by atoms with E-state index >= 15 is 0 Å². The van der Waals surface area contributed by atoms with Gasteiger partial charge in [0.15, 0.2) is 0 Å². The number of carbonyl (C=O) groups is 2. The van der Waals surface area contributed by atoms with E-state index in [0.29, 0.717) is 18.5 Å². The van der Waals surface area contributed by atoms with Crippen LogP contribution in [0.25, 0.3) is 0 Å². The van der Waals surface area contributed by atoms with Gasteiger partial charge in [-0.1, -0.05) is 60.7 Å². The number of piperidine rings is 1. The van der Waals surface area contributed by atoms with Crippen LogP contribution in [0.5, 0.6) is 0 Å². The summed E-state index contributed by atoms with van der Waals surface area (Å²) < 4.78 is 0. The van der Waals surface area contributed by atoms with Gasteiger partial charge in [0.05, 0.1) is 13.0 Å². The van der Waals surface area contributed by atoms with Crippen molar-refractivity contribution in [3.63, 3.8) is 0 Å². The number of benzene rings is 3. The molecular weight excluding hydrogens is 410 g/mol. The Morgan fingerprint density at radius 2 is 1.48 bits per heavy atom. The maximum absolute atomic E-state index is 12.9. The number of hydrogen-bond donors (Lipinski definition) is 1. The molecule has 0 spiro atoms. The molecule has 3 aromatic rings. The summed E-state index contributed by atoms with van der Waals surface area (Å²) in [6.07, 6.45) is 2.25. The fraction of sp³-hybridized carbons (Fsp3) is 0.286. The number of carbonyl (C=O) groups excluding carboxylic acids is 2. The number of anilines is 1. The van der Waals surface area contributed by atoms with Crippen LogP contribution in [0.4, 0.5) is 5.69 Å². The van der Waals surface area contributed by atoms with E-state index in [1.165, 1.54) is 5.56 Å². The molecule has 0 radical (unpaired) electrons. The van der Waals surface area contributed by atoms with Gasteiger partial charge >= 0.3 is 0 Å². The minimum absolute atomic E-state index is 0.0479. The van der Waals surface area contributed by atoms with Crippen molar-refractivity contribution in [3.8, 4) is 0 Å². The Morgan fingerprint density at radius 1 is 0.848 bits per heavy atom. The molecule has 5 nitrogen and oxygen atoms in total. The zero-order valence-corrected chi connectivity index (χ0v) is 18.7. The van der Waals surface area contributed by atoms with Crippen LogP contribution >= 0.6 is 0 Å². The summed E-state index contributed by atoms with van der Waals surface area (Å²) in [5.41, 5.74) is 4.90. The zero-order valence-electron chi connectivity index (χ0n) is 18.7. The minimum atomic E-state index is -0.0479. The first-order chi connectivity index (χ1) is 16.2. The number of likely N-dealkylation sites (tertiary alicyclic amines) is 1. The number of amides is 2. The van der Waals surface area contributed by atoms with E-state index in [1.54, 1.807) is 0 Å². The quantitative estimate of drug-likeness (QED) is 0.627. The first-order valence-corrected chi connectivity index (χ1v) is 11.7. The maximum Gasteiger partial charge on any atom is 0.251 e. The normalized spacial score (nSPS) is 16.6. The Hall–Kier alpha value is -3.44. The molecule has 2 aliphatic rings. The Bertz CT molecular complexity index is 1120. The first kappa shape index (κ1) is 21.4. The highest BCUT2D eigenvalue weighted by molar-refractivity contribution is 6.03. The third-order valence-electron chi connectivity index (χ3n) is 6.63. The van der Waals surface area contributed by atoms with Gasteiger partial charge in [0.1, 0.15) is 0 Å². The van der Waals surface area contributed by atoms with Crippen molar-refractivity contribution in [2.24, 2.45) is 0 Å². The largest absolute Gasteiger partial charge is 0.349 e. The lowest BCUT2D eigenvalue weighted by Crippen LogP contribution is -2.44. The molecule has 1 N–H and O–H groups in total. The van der Waals surface area contributed by atoms with Crippen molar-refractivity contribution >= 4 is 17.5 Å². The molecule has 168 valence electrons. The number of rotatable bonds is 6. The summed E-state index contributed by atoms with van der Waals surface area (Å²) in [7, 11) is 0. The van der Waals surface area contributed by atoms with E-state index in [4.69, 9.17) is 0 Å². The zero-order chi connectivity index (χ0) is 22.6. The Kier molecular flexibility index (Phi) is 6.22. The minimum Gasteiger partial charge on any atom is -0.349 e. The molecule has 0 atom stereocenters. The fourth-order valence-electron chi connectivity index (χ4n) is 4.81. The monoisotopic (exact) mass is 439 g/mol. The Labute approximate surface area is 195 Å². The van der Waals surface area contributed by atoms with Crippen LogP contribution < -0.4 is 10.2 Å². The SMILES string of the molecule is O=C(NC1CCN(Cc2ccccc2)CC1)c1ccc2c(c1)CC(=O)N2Cc1ccccc1. The molecule has 2 heterocycles. The maximum atomic E-state index is 12.9. The van der Waals surface area contributed by atoms with Gasteiger partial charge in [-0.3, -0.25) is 14.5 Å². The molecule has 1 fully saturated rings. The van der Waals surface area contributed by atoms with E-state index in [9.17, 15) is 9.59 Å². The average molecular weight is 440 g/mol. The second-order valence-corrected chi connectivity index (χ2v) is 9.00. The van der Waals surface area contributed by atoms with Crippen LogP contribution in [0.3, 0.4) is 0 Å². The topological polar surface area (TPSA) is 52.7 Å². The summed E-state index contributed by atoms with van der Waals surface area (Å²) in [6, 6.07) is 26.3. The van der Waals surface area contributed by atoms with Crippen molar-refractivity contribution in [2.75, 3.05) is 18.0 Å². The third kappa shape index (κ3) is 4.99. The van der Waals surface area contributed by atoms with Gasteiger partial charge in [0, 0.05) is 36.9 Å². The van der Waals surface area contributed by atoms with Gasteiger partial charge < -0.3 is 10.2 Å². The van der Waals surface area contributed by atoms with Gasteiger partial charge in [0.25, 0.3) is 5.91 Å². The third-order valence-corrected chi connectivity index (χ3v) is 6.63. The lowest BCUT2D eigenvalue weighted by Gasteiger charge is -2.32. The van der Waals surface area contributed by atoms with Crippen LogP contribution in [-0.4, -0.2) is 35.8 Å². The summed E-state index contributed by atoms with van der Waals surface area (Å²) in [4.78, 5) is 29.8. The van der Waals surface area contributed by atoms with Crippen LogP contribution in [-0.2, 0) is 24.3 Å². The van der Waals surface area contributed by atoms with Crippen molar-refractivity contribution in [1.29, 1.82) is 0 Å². The van der Waals surface area contributed by atoms with E-state index in [-0.39, 0.29) is 17.9 Å². The molecule has 5 rings (SSSR count). The van der Waals surface area contributed by atoms with Crippen LogP contribution in [0.2, 0.25) is 0 Å². The molecule has 0 saturated carbocycles. The van der Waals surface area contributed by atoms with E-state index in [1.807, 2.05) is 59.5 Å². The highest BCUT2D eigenvalue weighted by atomic mass is 16.2. The molecule has 0 aromatic heterocycles. The van der Waals surface area contributed by atoms with Gasteiger partial charge in [-0.2, -0.15) is 0 Å². The second kappa shape index (κ2) is 9.59. The predicted octanol–water partition coefficient (Wildman–Crippen LogP) is 4.17. The molecule has 2 amide bonds. The smallest absolute Gasteiger partial charge is 0.251 e. The standard InChI is InChI=1S/C28H29N3O2/c32-27-18-24-17-23(11-12-26(24)31(27)20-22-9-5-2-6-10-22)28(33)29-25-13-15-30(16-14-25)19-21-7-3-1-4-8-21/h1-12,17,25H,13-16,18-20H2,(H,29,33). The van der Waals surface area contributed by atoms with Gasteiger partial charge in [0.2, 0.25) is 5.91 Å². The highest BCUT2D eigenvalue weighted by Crippen LogP contribution is 2.31. The summed E-state index contributed by atoms with van der Waals surface area (Å²) in [5, 5.41) is 3.21. The molecule has 0 bridgehead atoms. The van der Waals surface area contributed by atoms with Crippen molar-refractivity contribution in [1.82, 2.24) is 10.2 Å². The van der Waals surface area contributed by atoms with Crippen molar-refractivity contribution in [2.45, 2.75) is 38.4 Å². The average Bonchev–Trinajstić information content (AvgIpc) is 3.16. The molecule has 3 aromatic carbocycles. The van der Waals surface area contributed by atoms with Crippen LogP contribution in [0.1, 0.15) is 39.9 Å². The second-order valence-electron chi connectivity index (χ2n) is 9.00. The number of hydrogen-bond acceptors (Lipinski definition) is 3. The predicted molar refractivity (Wildman–Crippen MR) is 130 cm³/mol. The Morgan fingerprint density at radius 3 is 2.15 bits per heavy atom. The summed E-state index contributed by atoms with van der Waals surface area (Å²) in [5.74, 6) is 0.0328. The molecule has 2 aliphatic heterocycles. The first-order valence-electron chi connectivity index (χ1n) is 11.7. The molecule has 0 aliphatic carbocycles. The summed E-state index contributed by atoms with van der Waals surface area (Å²) >= 11 is 0. The van der Waals surface area contributed by atoms with Gasteiger partial charge in [-0.15, -0.1) is 0 Å². The van der Waals surface area contributed by atoms with E-state index in [0.717, 1.165) is 49.3 Å².